The lowest BCUT2D eigenvalue weighted by atomic mass is 9.45. The van der Waals surface area contributed by atoms with Gasteiger partial charge in [0.1, 0.15) is 54.9 Å². The summed E-state index contributed by atoms with van der Waals surface area (Å²) in [7, 11) is 0. The van der Waals surface area contributed by atoms with Crippen molar-refractivity contribution >= 4 is 0 Å². The van der Waals surface area contributed by atoms with Crippen LogP contribution in [0.25, 0.3) is 0 Å². The van der Waals surface area contributed by atoms with Gasteiger partial charge in [-0.15, -0.1) is 0 Å². The molecule has 292 valence electrons. The molecule has 20 unspecified atom stereocenters. The van der Waals surface area contributed by atoms with Crippen molar-refractivity contribution in [3.8, 4) is 0 Å². The van der Waals surface area contributed by atoms with E-state index in [4.69, 9.17) is 18.9 Å². The highest BCUT2D eigenvalue weighted by Crippen LogP contribution is 2.67. The van der Waals surface area contributed by atoms with E-state index in [9.17, 15) is 46.0 Å². The third-order valence-electron chi connectivity index (χ3n) is 14.0. The average Bonchev–Trinajstić information content (AvgIpc) is 3.44. The van der Waals surface area contributed by atoms with Gasteiger partial charge in [-0.2, -0.15) is 0 Å². The molecule has 3 saturated carbocycles. The fourth-order valence-corrected chi connectivity index (χ4v) is 11.2. The highest BCUT2D eigenvalue weighted by Gasteiger charge is 2.64. The normalized spacial score (nSPS) is 51.9. The molecule has 2 aliphatic heterocycles. The van der Waals surface area contributed by atoms with Gasteiger partial charge in [0.25, 0.3) is 0 Å². The second kappa shape index (κ2) is 15.2. The second-order valence-electron chi connectivity index (χ2n) is 17.3. The number of rotatable bonds is 9. The zero-order chi connectivity index (χ0) is 37.2. The maximum Gasteiger partial charge on any atom is 0.187 e. The first-order chi connectivity index (χ1) is 24.0. The van der Waals surface area contributed by atoms with E-state index in [0.29, 0.717) is 23.3 Å². The summed E-state index contributed by atoms with van der Waals surface area (Å²) in [4.78, 5) is 0. The zero-order valence-corrected chi connectivity index (χ0v) is 30.6. The van der Waals surface area contributed by atoms with Gasteiger partial charge in [0, 0.05) is 0 Å². The van der Waals surface area contributed by atoms with Crippen LogP contribution in [-0.4, -0.2) is 139 Å². The standard InChI is InChI=1S/C38H62O13/c1-17(2)7-6-8-18(3)19-9-10-20-27-21(11-12-37(19,20)4)38(5)14-24(41)28(43)33(22(38)13-23(27)40)50-36-34(29(44)25(42)16-48-36)51-35-32(47)31(46)30(45)26(15-39)49-35/h7,13,18-21,23-36,39-47H,6,8-12,14-16H2,1-5H3. The van der Waals surface area contributed by atoms with E-state index in [1.807, 2.05) is 0 Å². The third-order valence-corrected chi connectivity index (χ3v) is 14.0. The average molecular weight is 727 g/mol. The number of hydrogen-bond acceptors (Lipinski definition) is 13. The molecule has 0 radical (unpaired) electrons. The van der Waals surface area contributed by atoms with Gasteiger partial charge in [-0.05, 0) is 105 Å². The van der Waals surface area contributed by atoms with Crippen LogP contribution in [0.15, 0.2) is 23.3 Å². The molecule has 2 heterocycles. The van der Waals surface area contributed by atoms with E-state index < -0.39 is 91.7 Å². The Labute approximate surface area is 300 Å². The Morgan fingerprint density at radius 1 is 0.882 bits per heavy atom. The molecule has 4 aliphatic carbocycles. The van der Waals surface area contributed by atoms with Gasteiger partial charge >= 0.3 is 0 Å². The van der Waals surface area contributed by atoms with Crippen LogP contribution < -0.4 is 0 Å². The van der Waals surface area contributed by atoms with Gasteiger partial charge in [-0.3, -0.25) is 0 Å². The fourth-order valence-electron chi connectivity index (χ4n) is 11.2. The quantitative estimate of drug-likeness (QED) is 0.148. The molecule has 9 N–H and O–H groups in total. The van der Waals surface area contributed by atoms with Crippen LogP contribution >= 0.6 is 0 Å². The molecule has 2 saturated heterocycles. The van der Waals surface area contributed by atoms with E-state index in [2.05, 4.69) is 40.7 Å². The summed E-state index contributed by atoms with van der Waals surface area (Å²) in [5, 5.41) is 97.1. The molecule has 51 heavy (non-hydrogen) atoms. The Morgan fingerprint density at radius 2 is 1.61 bits per heavy atom. The number of aliphatic hydroxyl groups is 9. The van der Waals surface area contributed by atoms with Crippen LogP contribution in [0, 0.1) is 40.4 Å². The molecule has 0 aromatic heterocycles. The monoisotopic (exact) mass is 726 g/mol. The lowest BCUT2D eigenvalue weighted by Gasteiger charge is -2.61. The SMILES string of the molecule is CC(C)=CCCC(C)C1CCC2C3C(O)C=C4C(OC5OCC(O)C(O)C5OC5OC(CO)C(O)C(O)C5O)C(O)C(O)CC4(C)C3CCC12C. The first-order valence-corrected chi connectivity index (χ1v) is 19.0. The molecule has 0 bridgehead atoms. The van der Waals surface area contributed by atoms with Crippen LogP contribution in [-0.2, 0) is 18.9 Å². The second-order valence-corrected chi connectivity index (χ2v) is 17.3. The Bertz CT molecular complexity index is 1270. The Kier molecular flexibility index (Phi) is 11.8. The predicted molar refractivity (Wildman–Crippen MR) is 182 cm³/mol. The first kappa shape index (κ1) is 39.6. The van der Waals surface area contributed by atoms with Crippen molar-refractivity contribution in [1.29, 1.82) is 0 Å². The van der Waals surface area contributed by atoms with E-state index in [-0.39, 0.29) is 30.3 Å². The van der Waals surface area contributed by atoms with Crippen molar-refractivity contribution in [1.82, 2.24) is 0 Å². The van der Waals surface area contributed by atoms with Gasteiger partial charge in [-0.1, -0.05) is 38.5 Å². The lowest BCUT2D eigenvalue weighted by Crippen LogP contribution is -2.64. The number of fused-ring (bicyclic) bond motifs is 5. The maximum atomic E-state index is 12.0. The van der Waals surface area contributed by atoms with Gasteiger partial charge in [-0.25, -0.2) is 0 Å². The van der Waals surface area contributed by atoms with E-state index in [0.717, 1.165) is 38.5 Å². The summed E-state index contributed by atoms with van der Waals surface area (Å²) in [6.45, 7) is 10.1. The van der Waals surface area contributed by atoms with Crippen LogP contribution in [0.4, 0.5) is 0 Å². The molecule has 0 aromatic carbocycles. The number of hydrogen-bond donors (Lipinski definition) is 9. The minimum Gasteiger partial charge on any atom is -0.394 e. The molecule has 6 rings (SSSR count). The summed E-state index contributed by atoms with van der Waals surface area (Å²) >= 11 is 0. The number of allylic oxidation sites excluding steroid dienone is 2. The smallest absolute Gasteiger partial charge is 0.187 e. The maximum absolute atomic E-state index is 12.0. The lowest BCUT2D eigenvalue weighted by molar-refractivity contribution is -0.363. The van der Waals surface area contributed by atoms with Crippen molar-refractivity contribution in [3.63, 3.8) is 0 Å². The summed E-state index contributed by atoms with van der Waals surface area (Å²) in [6, 6.07) is 0. The molecule has 13 heteroatoms. The summed E-state index contributed by atoms with van der Waals surface area (Å²) in [5.41, 5.74) is 1.42. The van der Waals surface area contributed by atoms with Crippen LogP contribution in [0.1, 0.15) is 79.6 Å². The van der Waals surface area contributed by atoms with Gasteiger partial charge < -0.3 is 64.9 Å². The Morgan fingerprint density at radius 3 is 2.29 bits per heavy atom. The largest absolute Gasteiger partial charge is 0.394 e. The van der Waals surface area contributed by atoms with Crippen molar-refractivity contribution in [2.75, 3.05) is 13.2 Å². The third kappa shape index (κ3) is 7.03. The van der Waals surface area contributed by atoms with E-state index in [1.54, 1.807) is 6.08 Å². The molecule has 0 aromatic rings. The van der Waals surface area contributed by atoms with E-state index in [1.165, 1.54) is 5.57 Å². The Hall–Kier alpha value is -1.04. The molecule has 0 amide bonds. The highest BCUT2D eigenvalue weighted by atomic mass is 16.8. The van der Waals surface area contributed by atoms with Crippen molar-refractivity contribution in [2.24, 2.45) is 40.4 Å². The number of aliphatic hydroxyl groups excluding tert-OH is 9. The predicted octanol–water partition coefficient (Wildman–Crippen LogP) is 0.509. The molecular weight excluding hydrogens is 664 g/mol. The molecule has 6 aliphatic rings. The zero-order valence-electron chi connectivity index (χ0n) is 30.6. The van der Waals surface area contributed by atoms with Crippen LogP contribution in [0.2, 0.25) is 0 Å². The minimum atomic E-state index is -1.79. The van der Waals surface area contributed by atoms with Gasteiger partial charge in [0.2, 0.25) is 0 Å². The van der Waals surface area contributed by atoms with Crippen LogP contribution in [0.5, 0.6) is 0 Å². The van der Waals surface area contributed by atoms with E-state index >= 15 is 0 Å². The topological polar surface area (TPSA) is 219 Å². The summed E-state index contributed by atoms with van der Waals surface area (Å²) in [5.74, 6) is 1.40. The van der Waals surface area contributed by atoms with Crippen molar-refractivity contribution < 1.29 is 64.9 Å². The van der Waals surface area contributed by atoms with Gasteiger partial charge in [0.15, 0.2) is 12.6 Å². The fraction of sp³-hybridized carbons (Fsp3) is 0.895. The van der Waals surface area contributed by atoms with Crippen LogP contribution in [0.3, 0.4) is 0 Å². The molecule has 20 atom stereocenters. The van der Waals surface area contributed by atoms with Gasteiger partial charge in [0.05, 0.1) is 25.4 Å². The summed E-state index contributed by atoms with van der Waals surface area (Å²) in [6.07, 6.45) is -8.15. The minimum absolute atomic E-state index is 0.0133. The molecule has 0 spiro atoms. The summed E-state index contributed by atoms with van der Waals surface area (Å²) < 4.78 is 23.5. The van der Waals surface area contributed by atoms with Crippen molar-refractivity contribution in [3.05, 3.63) is 23.3 Å². The molecule has 5 fully saturated rings. The van der Waals surface area contributed by atoms with Crippen molar-refractivity contribution in [2.45, 2.75) is 159 Å². The first-order valence-electron chi connectivity index (χ1n) is 19.0. The Balaban J connectivity index is 1.25. The molecular formula is C38H62O13. The molecule has 13 nitrogen and oxygen atoms in total. The highest BCUT2D eigenvalue weighted by molar-refractivity contribution is 5.32. The number of ether oxygens (including phenoxy) is 4.